The van der Waals surface area contributed by atoms with Gasteiger partial charge in [0.15, 0.2) is 17.8 Å². The van der Waals surface area contributed by atoms with Crippen LogP contribution in [0.25, 0.3) is 0 Å². The highest BCUT2D eigenvalue weighted by atomic mass is 16.7. The first-order valence-corrected chi connectivity index (χ1v) is 6.76. The molecule has 1 unspecified atom stereocenters. The number of allylic oxidation sites excluding steroid dienone is 1. The Balaban J connectivity index is 2.44. The van der Waals surface area contributed by atoms with Crippen LogP contribution in [0.2, 0.25) is 0 Å². The Morgan fingerprint density at radius 1 is 1.33 bits per heavy atom. The fraction of sp³-hybridized carbons (Fsp3) is 0.438. The van der Waals surface area contributed by atoms with E-state index in [1.165, 1.54) is 6.92 Å². The highest BCUT2D eigenvalue weighted by Gasteiger charge is 2.07. The second-order valence-corrected chi connectivity index (χ2v) is 4.37. The molecule has 21 heavy (non-hydrogen) atoms. The van der Waals surface area contributed by atoms with E-state index < -0.39 is 6.29 Å². The monoisotopic (exact) mass is 294 g/mol. The fourth-order valence-electron chi connectivity index (χ4n) is 1.76. The van der Waals surface area contributed by atoms with E-state index in [2.05, 4.69) is 6.58 Å². The maximum atomic E-state index is 10.7. The fourth-order valence-corrected chi connectivity index (χ4v) is 1.76. The zero-order valence-electron chi connectivity index (χ0n) is 12.8. The van der Waals surface area contributed by atoms with Gasteiger partial charge in [-0.3, -0.25) is 4.79 Å². The van der Waals surface area contributed by atoms with E-state index in [0.717, 1.165) is 12.0 Å². The quantitative estimate of drug-likeness (QED) is 0.303. The molecule has 0 spiro atoms. The first-order valence-electron chi connectivity index (χ1n) is 6.76. The van der Waals surface area contributed by atoms with Crippen molar-refractivity contribution in [1.82, 2.24) is 0 Å². The molecule has 0 saturated heterocycles. The molecule has 5 heteroatoms. The lowest BCUT2D eigenvalue weighted by Crippen LogP contribution is -2.19. The van der Waals surface area contributed by atoms with Crippen LogP contribution in [0.5, 0.6) is 11.5 Å². The van der Waals surface area contributed by atoms with Gasteiger partial charge in [0.1, 0.15) is 6.61 Å². The van der Waals surface area contributed by atoms with Gasteiger partial charge < -0.3 is 18.9 Å². The minimum absolute atomic E-state index is 0.312. The number of hydrogen-bond acceptors (Lipinski definition) is 5. The third-order valence-electron chi connectivity index (χ3n) is 2.63. The third-order valence-corrected chi connectivity index (χ3v) is 2.63. The molecular formula is C16H22O5. The van der Waals surface area contributed by atoms with Crippen molar-refractivity contribution in [2.45, 2.75) is 26.6 Å². The predicted octanol–water partition coefficient (Wildman–Crippen LogP) is 2.73. The molecule has 0 saturated carbocycles. The van der Waals surface area contributed by atoms with E-state index in [1.54, 1.807) is 14.0 Å². The second-order valence-electron chi connectivity index (χ2n) is 4.37. The van der Waals surface area contributed by atoms with Crippen LogP contribution in [0.1, 0.15) is 19.4 Å². The summed E-state index contributed by atoms with van der Waals surface area (Å²) >= 11 is 0. The van der Waals surface area contributed by atoms with Crippen LogP contribution in [-0.4, -0.2) is 32.6 Å². The molecule has 0 aromatic heterocycles. The first-order chi connectivity index (χ1) is 10.1. The van der Waals surface area contributed by atoms with Crippen molar-refractivity contribution in [3.05, 3.63) is 36.4 Å². The van der Waals surface area contributed by atoms with E-state index in [9.17, 15) is 4.79 Å². The molecule has 0 fully saturated rings. The van der Waals surface area contributed by atoms with Crippen molar-refractivity contribution in [1.29, 1.82) is 0 Å². The summed E-state index contributed by atoms with van der Waals surface area (Å²) in [4.78, 5) is 10.7. The lowest BCUT2D eigenvalue weighted by Gasteiger charge is -2.14. The van der Waals surface area contributed by atoms with Gasteiger partial charge >= 0.3 is 5.97 Å². The Hall–Kier alpha value is -2.01. The molecule has 1 aromatic carbocycles. The van der Waals surface area contributed by atoms with E-state index in [1.807, 2.05) is 24.3 Å². The Morgan fingerprint density at radius 2 is 2.10 bits per heavy atom. The number of methoxy groups -OCH3 is 1. The number of rotatable bonds is 9. The first kappa shape index (κ1) is 17.0. The molecule has 5 nitrogen and oxygen atoms in total. The van der Waals surface area contributed by atoms with E-state index in [0.29, 0.717) is 24.7 Å². The SMILES string of the molecule is C=CCc1ccc(OCCOC(C)OC(C)=O)c(OC)c1. The Bertz CT molecular complexity index is 470. The molecule has 0 aliphatic rings. The van der Waals surface area contributed by atoms with Crippen molar-refractivity contribution >= 4 is 5.97 Å². The third kappa shape index (κ3) is 6.31. The average molecular weight is 294 g/mol. The van der Waals surface area contributed by atoms with Crippen molar-refractivity contribution in [2.24, 2.45) is 0 Å². The molecular weight excluding hydrogens is 272 g/mol. The maximum absolute atomic E-state index is 10.7. The number of benzene rings is 1. The number of hydrogen-bond donors (Lipinski definition) is 0. The van der Waals surface area contributed by atoms with E-state index in [-0.39, 0.29) is 5.97 Å². The van der Waals surface area contributed by atoms with Crippen molar-refractivity contribution in [3.63, 3.8) is 0 Å². The molecule has 0 radical (unpaired) electrons. The van der Waals surface area contributed by atoms with Gasteiger partial charge in [-0.1, -0.05) is 12.1 Å². The Kier molecular flexibility index (Phi) is 7.32. The second kappa shape index (κ2) is 9.02. The summed E-state index contributed by atoms with van der Waals surface area (Å²) in [6.07, 6.45) is 2.03. The topological polar surface area (TPSA) is 54.0 Å². The zero-order valence-corrected chi connectivity index (χ0v) is 12.8. The number of esters is 1. The van der Waals surface area contributed by atoms with Gasteiger partial charge in [0.25, 0.3) is 0 Å². The minimum Gasteiger partial charge on any atom is -0.493 e. The summed E-state index contributed by atoms with van der Waals surface area (Å²) in [5, 5.41) is 0. The van der Waals surface area contributed by atoms with Gasteiger partial charge in [-0.2, -0.15) is 0 Å². The summed E-state index contributed by atoms with van der Waals surface area (Å²) in [6.45, 7) is 7.35. The van der Waals surface area contributed by atoms with Gasteiger partial charge in [-0.05, 0) is 31.0 Å². The van der Waals surface area contributed by atoms with Gasteiger partial charge in [-0.25, -0.2) is 0 Å². The van der Waals surface area contributed by atoms with E-state index in [4.69, 9.17) is 18.9 Å². The summed E-state index contributed by atoms with van der Waals surface area (Å²) in [6, 6.07) is 5.73. The maximum Gasteiger partial charge on any atom is 0.304 e. The van der Waals surface area contributed by atoms with Crippen LogP contribution in [0.15, 0.2) is 30.9 Å². The summed E-state index contributed by atoms with van der Waals surface area (Å²) in [5.74, 6) is 0.944. The number of carbonyl (C=O) groups is 1. The lowest BCUT2D eigenvalue weighted by molar-refractivity contribution is -0.173. The summed E-state index contributed by atoms with van der Waals surface area (Å²) in [7, 11) is 1.60. The highest BCUT2D eigenvalue weighted by Crippen LogP contribution is 2.28. The van der Waals surface area contributed by atoms with Crippen LogP contribution in [0.3, 0.4) is 0 Å². The summed E-state index contributed by atoms with van der Waals surface area (Å²) < 4.78 is 21.0. The Labute approximate surface area is 125 Å². The van der Waals surface area contributed by atoms with Gasteiger partial charge in [-0.15, -0.1) is 6.58 Å². The van der Waals surface area contributed by atoms with Gasteiger partial charge in [0, 0.05) is 6.92 Å². The predicted molar refractivity (Wildman–Crippen MR) is 79.6 cm³/mol. The van der Waals surface area contributed by atoms with E-state index >= 15 is 0 Å². The molecule has 0 aliphatic carbocycles. The minimum atomic E-state index is -0.581. The van der Waals surface area contributed by atoms with Crippen LogP contribution in [-0.2, 0) is 20.7 Å². The number of carbonyl (C=O) groups excluding carboxylic acids is 1. The molecule has 0 N–H and O–H groups in total. The standard InChI is InChI=1S/C16H22O5/c1-5-6-14-7-8-15(16(11-14)18-4)20-10-9-19-13(3)21-12(2)17/h5,7-8,11,13H,1,6,9-10H2,2-4H3. The molecule has 1 aromatic rings. The zero-order chi connectivity index (χ0) is 15.7. The highest BCUT2D eigenvalue weighted by molar-refractivity contribution is 5.65. The molecule has 1 rings (SSSR count). The molecule has 0 aliphatic heterocycles. The molecule has 0 bridgehead atoms. The van der Waals surface area contributed by atoms with Gasteiger partial charge in [0.05, 0.1) is 13.7 Å². The molecule has 1 atom stereocenters. The van der Waals surface area contributed by atoms with Crippen LogP contribution >= 0.6 is 0 Å². The van der Waals surface area contributed by atoms with Crippen LogP contribution in [0, 0.1) is 0 Å². The van der Waals surface area contributed by atoms with Crippen LogP contribution in [0.4, 0.5) is 0 Å². The molecule has 0 heterocycles. The molecule has 0 amide bonds. The largest absolute Gasteiger partial charge is 0.493 e. The van der Waals surface area contributed by atoms with Crippen molar-refractivity contribution in [3.8, 4) is 11.5 Å². The average Bonchev–Trinajstić information content (AvgIpc) is 2.44. The number of ether oxygens (including phenoxy) is 4. The van der Waals surface area contributed by atoms with Crippen molar-refractivity contribution < 1.29 is 23.7 Å². The van der Waals surface area contributed by atoms with Gasteiger partial charge in [0.2, 0.25) is 0 Å². The molecule has 116 valence electrons. The van der Waals surface area contributed by atoms with Crippen molar-refractivity contribution in [2.75, 3.05) is 20.3 Å². The Morgan fingerprint density at radius 3 is 2.71 bits per heavy atom. The smallest absolute Gasteiger partial charge is 0.304 e. The van der Waals surface area contributed by atoms with Crippen LogP contribution < -0.4 is 9.47 Å². The summed E-state index contributed by atoms with van der Waals surface area (Å²) in [5.41, 5.74) is 1.11. The lowest BCUT2D eigenvalue weighted by atomic mass is 10.1. The normalized spacial score (nSPS) is 11.6.